The van der Waals surface area contributed by atoms with E-state index in [-0.39, 0.29) is 17.9 Å². The van der Waals surface area contributed by atoms with E-state index in [1.54, 1.807) is 31.9 Å². The number of halogens is 3. The molecule has 176 valence electrons. The van der Waals surface area contributed by atoms with Gasteiger partial charge in [0.25, 0.3) is 0 Å². The number of alkyl halides is 3. The highest BCUT2D eigenvalue weighted by atomic mass is 19.4. The summed E-state index contributed by atoms with van der Waals surface area (Å²) in [6, 6.07) is 8.48. The summed E-state index contributed by atoms with van der Waals surface area (Å²) in [5, 5.41) is 0. The van der Waals surface area contributed by atoms with Crippen LogP contribution < -0.4 is 4.74 Å². The lowest BCUT2D eigenvalue weighted by molar-refractivity contribution is -0.137. The summed E-state index contributed by atoms with van der Waals surface area (Å²) in [5.74, 6) is 0.166. The molecule has 33 heavy (non-hydrogen) atoms. The van der Waals surface area contributed by atoms with Crippen molar-refractivity contribution in [2.45, 2.75) is 64.1 Å². The third-order valence-electron chi connectivity index (χ3n) is 5.44. The lowest BCUT2D eigenvalue weighted by Crippen LogP contribution is -2.52. The van der Waals surface area contributed by atoms with Crippen molar-refractivity contribution in [3.8, 4) is 5.75 Å². The second-order valence-corrected chi connectivity index (χ2v) is 9.19. The Balaban J connectivity index is 1.47. The van der Waals surface area contributed by atoms with Crippen LogP contribution in [0, 0.1) is 0 Å². The number of ether oxygens (including phenoxy) is 2. The molecular weight excluding hydrogens is 435 g/mol. The number of carbonyl (C=O) groups is 1. The fraction of sp³-hybridized carbons (Fsp3) is 0.417. The van der Waals surface area contributed by atoms with Crippen LogP contribution in [0.2, 0.25) is 0 Å². The third-order valence-corrected chi connectivity index (χ3v) is 5.44. The van der Waals surface area contributed by atoms with E-state index < -0.39 is 23.4 Å². The maximum absolute atomic E-state index is 13.0. The summed E-state index contributed by atoms with van der Waals surface area (Å²) < 4.78 is 52.2. The average Bonchev–Trinajstić information content (AvgIpc) is 3.17. The van der Waals surface area contributed by atoms with E-state index in [1.807, 2.05) is 28.9 Å². The Morgan fingerprint density at radius 3 is 2.61 bits per heavy atom. The third kappa shape index (κ3) is 5.40. The monoisotopic (exact) mass is 461 g/mol. The zero-order chi connectivity index (χ0) is 23.8. The van der Waals surface area contributed by atoms with Gasteiger partial charge in [0.15, 0.2) is 0 Å². The maximum atomic E-state index is 13.0. The number of carbonyl (C=O) groups excluding carboxylic acids is 1. The first kappa shape index (κ1) is 22.9. The highest BCUT2D eigenvalue weighted by molar-refractivity contribution is 5.69. The van der Waals surface area contributed by atoms with Crippen molar-refractivity contribution < 1.29 is 27.4 Å². The van der Waals surface area contributed by atoms with Crippen LogP contribution in [0.15, 0.2) is 55.0 Å². The van der Waals surface area contributed by atoms with Crippen LogP contribution in [0.1, 0.15) is 44.7 Å². The maximum Gasteiger partial charge on any atom is 0.416 e. The van der Waals surface area contributed by atoms with Crippen LogP contribution >= 0.6 is 0 Å². The van der Waals surface area contributed by atoms with Gasteiger partial charge in [-0.15, -0.1) is 0 Å². The molecule has 6 nitrogen and oxygen atoms in total. The molecule has 0 saturated heterocycles. The number of rotatable bonds is 5. The summed E-state index contributed by atoms with van der Waals surface area (Å²) in [7, 11) is 0. The molecule has 3 aromatic rings. The molecule has 2 heterocycles. The minimum atomic E-state index is -4.43. The van der Waals surface area contributed by atoms with Crippen LogP contribution in [0.5, 0.6) is 5.75 Å². The molecule has 2 aromatic heterocycles. The number of hydrogen-bond donors (Lipinski definition) is 0. The Morgan fingerprint density at radius 2 is 1.91 bits per heavy atom. The van der Waals surface area contributed by atoms with Gasteiger partial charge in [-0.2, -0.15) is 13.2 Å². The molecule has 0 atom stereocenters. The number of amides is 1. The van der Waals surface area contributed by atoms with E-state index in [2.05, 4.69) is 4.98 Å². The van der Waals surface area contributed by atoms with E-state index in [9.17, 15) is 18.0 Å². The summed E-state index contributed by atoms with van der Waals surface area (Å²) in [5.41, 5.74) is 0.212. The normalized spacial score (nSPS) is 18.6. The van der Waals surface area contributed by atoms with Gasteiger partial charge >= 0.3 is 12.3 Å². The van der Waals surface area contributed by atoms with Crippen LogP contribution in [0.25, 0.3) is 5.65 Å². The molecule has 1 amide bonds. The fourth-order valence-corrected chi connectivity index (χ4v) is 3.81. The summed E-state index contributed by atoms with van der Waals surface area (Å²) in [6.45, 7) is 5.72. The van der Waals surface area contributed by atoms with Crippen LogP contribution in [0.3, 0.4) is 0 Å². The Kier molecular flexibility index (Phi) is 5.99. The van der Waals surface area contributed by atoms with Crippen molar-refractivity contribution in [1.82, 2.24) is 14.3 Å². The highest BCUT2D eigenvalue weighted by Crippen LogP contribution is 2.35. The van der Waals surface area contributed by atoms with Gasteiger partial charge in [-0.1, -0.05) is 12.1 Å². The highest BCUT2D eigenvalue weighted by Gasteiger charge is 2.40. The number of fused-ring (bicyclic) bond motifs is 1. The van der Waals surface area contributed by atoms with Crippen molar-refractivity contribution in [2.75, 3.05) is 0 Å². The van der Waals surface area contributed by atoms with E-state index in [4.69, 9.17) is 9.47 Å². The van der Waals surface area contributed by atoms with E-state index in [1.165, 1.54) is 12.1 Å². The largest absolute Gasteiger partial charge is 0.490 e. The molecule has 1 aliphatic rings. The topological polar surface area (TPSA) is 56.1 Å². The summed E-state index contributed by atoms with van der Waals surface area (Å²) in [6.07, 6.45) is 1.23. The number of pyridine rings is 1. The van der Waals surface area contributed by atoms with Gasteiger partial charge in [0, 0.05) is 43.0 Å². The standard InChI is InChI=1S/C24H26F3N3O3/c1-23(2,3)33-22(31)30(15-16-6-5-10-29-11-9-28-21(16)29)18-13-20(14-18)32-19-8-4-7-17(12-19)24(25,26)27/h4-12,18,20H,13-15H2,1-3H3. The van der Waals surface area contributed by atoms with E-state index in [0.29, 0.717) is 19.4 Å². The quantitative estimate of drug-likeness (QED) is 0.489. The number of benzene rings is 1. The molecule has 0 bridgehead atoms. The molecule has 0 N–H and O–H groups in total. The van der Waals surface area contributed by atoms with Gasteiger partial charge in [-0.25, -0.2) is 9.78 Å². The lowest BCUT2D eigenvalue weighted by atomic mass is 9.87. The number of nitrogens with zero attached hydrogens (tertiary/aromatic N) is 3. The molecular formula is C24H26F3N3O3. The molecule has 0 aliphatic heterocycles. The zero-order valence-electron chi connectivity index (χ0n) is 18.7. The lowest BCUT2D eigenvalue weighted by Gasteiger charge is -2.42. The minimum absolute atomic E-state index is 0.161. The summed E-state index contributed by atoms with van der Waals surface area (Å²) in [4.78, 5) is 19.0. The van der Waals surface area contributed by atoms with Crippen LogP contribution in [-0.4, -0.2) is 38.1 Å². The molecule has 0 unspecified atom stereocenters. The SMILES string of the molecule is CC(C)(C)OC(=O)N(Cc1cccn2ccnc12)C1CC(Oc2cccc(C(F)(F)F)c2)C1. The first-order valence-corrected chi connectivity index (χ1v) is 10.7. The molecule has 9 heteroatoms. The molecule has 1 aromatic carbocycles. The minimum Gasteiger partial charge on any atom is -0.490 e. The zero-order valence-corrected chi connectivity index (χ0v) is 18.7. The van der Waals surface area contributed by atoms with Gasteiger partial charge < -0.3 is 18.8 Å². The van der Waals surface area contributed by atoms with Gasteiger partial charge in [-0.05, 0) is 45.0 Å². The Labute approximate surface area is 189 Å². The molecule has 1 saturated carbocycles. The van der Waals surface area contributed by atoms with Crippen molar-refractivity contribution in [2.24, 2.45) is 0 Å². The van der Waals surface area contributed by atoms with E-state index >= 15 is 0 Å². The van der Waals surface area contributed by atoms with Crippen LogP contribution in [-0.2, 0) is 17.5 Å². The first-order chi connectivity index (χ1) is 15.5. The van der Waals surface area contributed by atoms with Crippen molar-refractivity contribution in [1.29, 1.82) is 0 Å². The number of imidazole rings is 1. The van der Waals surface area contributed by atoms with E-state index in [0.717, 1.165) is 23.3 Å². The number of hydrogen-bond acceptors (Lipinski definition) is 4. The molecule has 0 spiro atoms. The molecule has 1 aliphatic carbocycles. The molecule has 4 rings (SSSR count). The second kappa shape index (κ2) is 8.61. The summed E-state index contributed by atoms with van der Waals surface area (Å²) >= 11 is 0. The Hall–Kier alpha value is -3.23. The van der Waals surface area contributed by atoms with Crippen LogP contribution in [0.4, 0.5) is 18.0 Å². The smallest absolute Gasteiger partial charge is 0.416 e. The Bertz CT molecular complexity index is 1130. The van der Waals surface area contributed by atoms with Crippen molar-refractivity contribution in [3.05, 3.63) is 66.1 Å². The van der Waals surface area contributed by atoms with Gasteiger partial charge in [0.1, 0.15) is 23.1 Å². The van der Waals surface area contributed by atoms with Gasteiger partial charge in [-0.3, -0.25) is 0 Å². The Morgan fingerprint density at radius 1 is 1.15 bits per heavy atom. The van der Waals surface area contributed by atoms with Gasteiger partial charge in [0.05, 0.1) is 12.1 Å². The average molecular weight is 461 g/mol. The van der Waals surface area contributed by atoms with Crippen molar-refractivity contribution in [3.63, 3.8) is 0 Å². The van der Waals surface area contributed by atoms with Crippen molar-refractivity contribution >= 4 is 11.7 Å². The second-order valence-electron chi connectivity index (χ2n) is 9.19. The molecule has 1 fully saturated rings. The van der Waals surface area contributed by atoms with Gasteiger partial charge in [0.2, 0.25) is 0 Å². The fourth-order valence-electron chi connectivity index (χ4n) is 3.81. The predicted octanol–water partition coefficient (Wildman–Crippen LogP) is 5.70. The molecule has 0 radical (unpaired) electrons. The first-order valence-electron chi connectivity index (χ1n) is 10.7. The predicted molar refractivity (Wildman–Crippen MR) is 116 cm³/mol. The number of aromatic nitrogens is 2.